The SMILES string of the molecule is CC(C)CN(NC(=O)N1CCNC1=O)c1ccnc(C#N)n1. The van der Waals surface area contributed by atoms with Crippen molar-refractivity contribution in [2.45, 2.75) is 13.8 Å². The summed E-state index contributed by atoms with van der Waals surface area (Å²) >= 11 is 0. The maximum Gasteiger partial charge on any atom is 0.344 e. The van der Waals surface area contributed by atoms with Crippen molar-refractivity contribution >= 4 is 17.9 Å². The first kappa shape index (κ1) is 15.5. The average Bonchev–Trinajstić information content (AvgIpc) is 2.92. The fraction of sp³-hybridized carbons (Fsp3) is 0.462. The number of imide groups is 1. The van der Waals surface area contributed by atoms with Crippen LogP contribution in [0.4, 0.5) is 15.4 Å². The van der Waals surface area contributed by atoms with Gasteiger partial charge in [0.25, 0.3) is 0 Å². The van der Waals surface area contributed by atoms with Gasteiger partial charge in [-0.05, 0) is 5.92 Å². The highest BCUT2D eigenvalue weighted by molar-refractivity contribution is 5.95. The van der Waals surface area contributed by atoms with Crippen LogP contribution < -0.4 is 15.8 Å². The molecule has 1 aliphatic heterocycles. The van der Waals surface area contributed by atoms with Gasteiger partial charge in [0.1, 0.15) is 6.07 Å². The molecule has 0 spiro atoms. The van der Waals surface area contributed by atoms with Gasteiger partial charge in [-0.15, -0.1) is 0 Å². The first-order chi connectivity index (χ1) is 10.5. The molecule has 0 radical (unpaired) electrons. The van der Waals surface area contributed by atoms with Gasteiger partial charge in [-0.25, -0.2) is 24.9 Å². The summed E-state index contributed by atoms with van der Waals surface area (Å²) < 4.78 is 0. The third-order valence-corrected chi connectivity index (χ3v) is 2.90. The van der Waals surface area contributed by atoms with E-state index >= 15 is 0 Å². The van der Waals surface area contributed by atoms with Crippen molar-refractivity contribution in [3.63, 3.8) is 0 Å². The highest BCUT2D eigenvalue weighted by Gasteiger charge is 2.27. The lowest BCUT2D eigenvalue weighted by Gasteiger charge is -2.27. The number of hydrogen-bond acceptors (Lipinski definition) is 6. The molecule has 0 atom stereocenters. The molecule has 1 aromatic heterocycles. The second-order valence-electron chi connectivity index (χ2n) is 5.16. The third kappa shape index (κ3) is 3.60. The van der Waals surface area contributed by atoms with E-state index < -0.39 is 12.1 Å². The maximum atomic E-state index is 12.2. The number of urea groups is 2. The van der Waals surface area contributed by atoms with Gasteiger partial charge in [0.05, 0.1) is 0 Å². The van der Waals surface area contributed by atoms with Crippen molar-refractivity contribution in [3.05, 3.63) is 18.1 Å². The fourth-order valence-corrected chi connectivity index (χ4v) is 1.96. The number of rotatable bonds is 4. The summed E-state index contributed by atoms with van der Waals surface area (Å²) in [6, 6.07) is 2.48. The quantitative estimate of drug-likeness (QED) is 0.781. The van der Waals surface area contributed by atoms with E-state index in [-0.39, 0.29) is 11.7 Å². The van der Waals surface area contributed by atoms with Gasteiger partial charge in [0.15, 0.2) is 5.82 Å². The van der Waals surface area contributed by atoms with Crippen LogP contribution >= 0.6 is 0 Å². The van der Waals surface area contributed by atoms with E-state index in [2.05, 4.69) is 20.7 Å². The monoisotopic (exact) mass is 303 g/mol. The zero-order valence-corrected chi connectivity index (χ0v) is 12.4. The molecule has 2 N–H and O–H groups in total. The van der Waals surface area contributed by atoms with Crippen LogP contribution in [0.5, 0.6) is 0 Å². The molecule has 2 heterocycles. The first-order valence-electron chi connectivity index (χ1n) is 6.88. The van der Waals surface area contributed by atoms with Gasteiger partial charge in [0, 0.05) is 31.9 Å². The minimum absolute atomic E-state index is 0.0134. The molecule has 2 rings (SSSR count). The molecule has 4 amide bonds. The third-order valence-electron chi connectivity index (χ3n) is 2.90. The number of amides is 4. The van der Waals surface area contributed by atoms with Crippen LogP contribution in [0, 0.1) is 17.2 Å². The van der Waals surface area contributed by atoms with Crippen molar-refractivity contribution in [1.82, 2.24) is 25.6 Å². The fourth-order valence-electron chi connectivity index (χ4n) is 1.96. The zero-order valence-electron chi connectivity index (χ0n) is 12.4. The van der Waals surface area contributed by atoms with E-state index in [9.17, 15) is 9.59 Å². The summed E-state index contributed by atoms with van der Waals surface area (Å²) in [6.07, 6.45) is 1.45. The van der Waals surface area contributed by atoms with Crippen molar-refractivity contribution in [3.8, 4) is 6.07 Å². The summed E-state index contributed by atoms with van der Waals surface area (Å²) in [5.41, 5.74) is 2.65. The topological polar surface area (TPSA) is 114 Å². The lowest BCUT2D eigenvalue weighted by atomic mass is 10.2. The second-order valence-corrected chi connectivity index (χ2v) is 5.16. The van der Waals surface area contributed by atoms with Crippen LogP contribution in [-0.2, 0) is 0 Å². The van der Waals surface area contributed by atoms with Crippen LogP contribution in [0.1, 0.15) is 19.7 Å². The van der Waals surface area contributed by atoms with Gasteiger partial charge >= 0.3 is 12.1 Å². The standard InChI is InChI=1S/C13H17N7O2/c1-9(2)8-20(11-3-4-15-10(7-14)17-11)18-13(22)19-6-5-16-12(19)21/h3-4,9H,5-6,8H2,1-2H3,(H,16,21)(H,18,22). The maximum absolute atomic E-state index is 12.2. The van der Waals surface area contributed by atoms with Gasteiger partial charge < -0.3 is 5.32 Å². The Balaban J connectivity index is 2.17. The Morgan fingerprint density at radius 3 is 3.00 bits per heavy atom. The Labute approximate surface area is 127 Å². The van der Waals surface area contributed by atoms with Crippen LogP contribution in [0.2, 0.25) is 0 Å². The number of aromatic nitrogens is 2. The molecule has 9 nitrogen and oxygen atoms in total. The Bertz CT molecular complexity index is 611. The van der Waals surface area contributed by atoms with Crippen LogP contribution in [0.15, 0.2) is 12.3 Å². The van der Waals surface area contributed by atoms with Crippen LogP contribution in [0.3, 0.4) is 0 Å². The van der Waals surface area contributed by atoms with Crippen molar-refractivity contribution in [2.24, 2.45) is 5.92 Å². The summed E-state index contributed by atoms with van der Waals surface area (Å²) in [4.78, 5) is 32.7. The average molecular weight is 303 g/mol. The Morgan fingerprint density at radius 2 is 2.41 bits per heavy atom. The molecule has 1 fully saturated rings. The summed E-state index contributed by atoms with van der Waals surface area (Å²) in [6.45, 7) is 5.18. The Kier molecular flexibility index (Phi) is 4.73. The van der Waals surface area contributed by atoms with Crippen LogP contribution in [-0.4, -0.2) is 46.6 Å². The molecule has 0 aromatic carbocycles. The predicted octanol–water partition coefficient (Wildman–Crippen LogP) is 0.460. The lowest BCUT2D eigenvalue weighted by Crippen LogP contribution is -2.51. The molecule has 0 aliphatic carbocycles. The number of carbonyl (C=O) groups excluding carboxylic acids is 2. The molecule has 1 aromatic rings. The molecular formula is C13H17N7O2. The van der Waals surface area contributed by atoms with Gasteiger partial charge in [-0.2, -0.15) is 10.2 Å². The van der Waals surface area contributed by atoms with E-state index in [0.717, 1.165) is 4.90 Å². The van der Waals surface area contributed by atoms with Crippen LogP contribution in [0.25, 0.3) is 0 Å². The lowest BCUT2D eigenvalue weighted by molar-refractivity contribution is 0.198. The Hall–Kier alpha value is -2.89. The summed E-state index contributed by atoms with van der Waals surface area (Å²) in [5, 5.41) is 12.9. The number of hydrazine groups is 1. The molecule has 9 heteroatoms. The zero-order chi connectivity index (χ0) is 16.1. The van der Waals surface area contributed by atoms with Gasteiger partial charge in [-0.1, -0.05) is 13.8 Å². The van der Waals surface area contributed by atoms with Gasteiger partial charge in [0.2, 0.25) is 5.82 Å². The number of carbonyl (C=O) groups is 2. The number of nitrogens with zero attached hydrogens (tertiary/aromatic N) is 5. The first-order valence-corrected chi connectivity index (χ1v) is 6.88. The number of anilines is 1. The smallest absolute Gasteiger partial charge is 0.336 e. The molecule has 1 saturated heterocycles. The molecule has 1 aliphatic rings. The van der Waals surface area contributed by atoms with Crippen molar-refractivity contribution in [2.75, 3.05) is 24.6 Å². The van der Waals surface area contributed by atoms with Crippen molar-refractivity contribution < 1.29 is 9.59 Å². The highest BCUT2D eigenvalue weighted by atomic mass is 16.2. The number of hydrogen-bond donors (Lipinski definition) is 2. The van der Waals surface area contributed by atoms with Crippen molar-refractivity contribution in [1.29, 1.82) is 5.26 Å². The molecule has 0 saturated carbocycles. The Morgan fingerprint density at radius 1 is 1.64 bits per heavy atom. The predicted molar refractivity (Wildman–Crippen MR) is 77.6 cm³/mol. The summed E-state index contributed by atoms with van der Waals surface area (Å²) in [7, 11) is 0. The van der Waals surface area contributed by atoms with E-state index in [1.54, 1.807) is 6.07 Å². The van der Waals surface area contributed by atoms with Gasteiger partial charge in [-0.3, -0.25) is 5.01 Å². The van der Waals surface area contributed by atoms with E-state index in [4.69, 9.17) is 5.26 Å². The highest BCUT2D eigenvalue weighted by Crippen LogP contribution is 2.11. The largest absolute Gasteiger partial charge is 0.344 e. The number of nitriles is 1. The molecule has 22 heavy (non-hydrogen) atoms. The van der Waals surface area contributed by atoms with E-state index in [1.807, 2.05) is 19.9 Å². The second kappa shape index (κ2) is 6.71. The minimum Gasteiger partial charge on any atom is -0.336 e. The van der Waals surface area contributed by atoms with E-state index in [1.165, 1.54) is 11.2 Å². The molecule has 0 bridgehead atoms. The van der Waals surface area contributed by atoms with E-state index in [0.29, 0.717) is 25.5 Å². The summed E-state index contributed by atoms with van der Waals surface area (Å²) in [5.74, 6) is 0.640. The molecule has 0 unspecified atom stereocenters. The number of nitrogens with one attached hydrogen (secondary N) is 2. The normalized spacial score (nSPS) is 13.7. The molecular weight excluding hydrogens is 286 g/mol. The molecule has 116 valence electrons. The minimum atomic E-state index is -0.534.